The van der Waals surface area contributed by atoms with Crippen molar-refractivity contribution in [2.75, 3.05) is 0 Å². The van der Waals surface area contributed by atoms with Gasteiger partial charge in [0.1, 0.15) is 0 Å². The van der Waals surface area contributed by atoms with Crippen LogP contribution in [0.4, 0.5) is 0 Å². The molecule has 0 aliphatic carbocycles. The molecule has 2 unspecified atom stereocenters. The van der Waals surface area contributed by atoms with Crippen molar-refractivity contribution in [3.63, 3.8) is 0 Å². The van der Waals surface area contributed by atoms with Crippen molar-refractivity contribution in [2.24, 2.45) is 5.41 Å². The van der Waals surface area contributed by atoms with Crippen LogP contribution in [-0.2, 0) is 4.79 Å². The van der Waals surface area contributed by atoms with Crippen molar-refractivity contribution >= 4 is 5.97 Å². The number of carbonyl (C=O) groups is 1. The maximum absolute atomic E-state index is 11.1. The van der Waals surface area contributed by atoms with Crippen molar-refractivity contribution in [3.8, 4) is 0 Å². The summed E-state index contributed by atoms with van der Waals surface area (Å²) in [6.07, 6.45) is -0.506. The quantitative estimate of drug-likeness (QED) is 0.648. The molecule has 4 heteroatoms. The average Bonchev–Trinajstić information content (AvgIpc) is 2.02. The highest BCUT2D eigenvalue weighted by molar-refractivity contribution is 5.75. The van der Waals surface area contributed by atoms with E-state index in [4.69, 9.17) is 5.11 Å². The lowest BCUT2D eigenvalue weighted by atomic mass is 9.74. The van der Waals surface area contributed by atoms with Gasteiger partial charge in [-0.15, -0.1) is 0 Å². The number of carboxylic acids is 1. The molecule has 0 saturated carbocycles. The molecule has 0 aromatic carbocycles. The summed E-state index contributed by atoms with van der Waals surface area (Å²) in [5, 5.41) is 21.7. The summed E-state index contributed by atoms with van der Waals surface area (Å²) < 4.78 is 0. The Morgan fingerprint density at radius 2 is 1.60 bits per heavy atom. The van der Waals surface area contributed by atoms with Crippen LogP contribution in [0.15, 0.2) is 0 Å². The summed E-state index contributed by atoms with van der Waals surface area (Å²) in [4.78, 5) is 11.1. The van der Waals surface area contributed by atoms with Gasteiger partial charge in [-0.05, 0) is 41.5 Å². The van der Waals surface area contributed by atoms with Crippen molar-refractivity contribution in [1.29, 1.82) is 0 Å². The number of aliphatic carboxylic acids is 1. The van der Waals surface area contributed by atoms with Crippen molar-refractivity contribution in [3.05, 3.63) is 0 Å². The Hall–Kier alpha value is -0.610. The van der Waals surface area contributed by atoms with Crippen LogP contribution in [0, 0.1) is 5.41 Å². The molecular weight excluding hydrogens is 194 g/mol. The number of nitrogens with one attached hydrogen (secondary N) is 1. The zero-order valence-electron chi connectivity index (χ0n) is 10.5. The Morgan fingerprint density at radius 1 is 1.20 bits per heavy atom. The molecule has 0 radical (unpaired) electrons. The lowest BCUT2D eigenvalue weighted by Gasteiger charge is -2.41. The van der Waals surface area contributed by atoms with Gasteiger partial charge in [-0.3, -0.25) is 4.79 Å². The van der Waals surface area contributed by atoms with Gasteiger partial charge in [-0.2, -0.15) is 0 Å². The third kappa shape index (κ3) is 3.18. The molecule has 0 aromatic rings. The van der Waals surface area contributed by atoms with Crippen molar-refractivity contribution in [2.45, 2.75) is 59.2 Å². The van der Waals surface area contributed by atoms with E-state index in [1.54, 1.807) is 20.8 Å². The zero-order chi connectivity index (χ0) is 12.4. The number of rotatable bonds is 5. The maximum Gasteiger partial charge on any atom is 0.310 e. The van der Waals surface area contributed by atoms with Crippen LogP contribution in [0.1, 0.15) is 41.5 Å². The van der Waals surface area contributed by atoms with Crippen LogP contribution in [0.3, 0.4) is 0 Å². The minimum atomic E-state index is -0.893. The number of aliphatic hydroxyl groups excluding tert-OH is 1. The first-order valence-corrected chi connectivity index (χ1v) is 5.21. The molecule has 0 bridgehead atoms. The van der Waals surface area contributed by atoms with E-state index in [1.807, 2.05) is 20.8 Å². The molecule has 3 N–H and O–H groups in total. The van der Waals surface area contributed by atoms with Gasteiger partial charge in [0.05, 0.1) is 11.5 Å². The second-order valence-electron chi connectivity index (χ2n) is 5.23. The molecule has 0 aliphatic rings. The zero-order valence-corrected chi connectivity index (χ0v) is 10.5. The van der Waals surface area contributed by atoms with Gasteiger partial charge in [0.15, 0.2) is 0 Å². The first-order chi connectivity index (χ1) is 6.52. The number of carboxylic acid groups (broad SMARTS) is 1. The average molecular weight is 217 g/mol. The minimum Gasteiger partial charge on any atom is -0.481 e. The Kier molecular flexibility index (Phi) is 4.31. The molecule has 0 heterocycles. The number of aliphatic hydroxyl groups is 1. The molecule has 0 aliphatic heterocycles. The predicted molar refractivity (Wildman–Crippen MR) is 59.8 cm³/mol. The van der Waals surface area contributed by atoms with E-state index < -0.39 is 23.0 Å². The second kappa shape index (κ2) is 4.49. The van der Waals surface area contributed by atoms with Crippen LogP contribution >= 0.6 is 0 Å². The Bertz CT molecular complexity index is 234. The van der Waals surface area contributed by atoms with Gasteiger partial charge >= 0.3 is 5.97 Å². The SMILES string of the molecule is CC(O)C(C)NC(C)(C)C(C)(C)C(=O)O. The molecule has 0 fully saturated rings. The first kappa shape index (κ1) is 14.4. The van der Waals surface area contributed by atoms with Gasteiger partial charge in [-0.25, -0.2) is 0 Å². The van der Waals surface area contributed by atoms with E-state index in [2.05, 4.69) is 5.32 Å². The van der Waals surface area contributed by atoms with Crippen molar-refractivity contribution in [1.82, 2.24) is 5.32 Å². The molecular formula is C11H23NO3. The van der Waals surface area contributed by atoms with Gasteiger partial charge in [0, 0.05) is 11.6 Å². The molecule has 0 spiro atoms. The monoisotopic (exact) mass is 217 g/mol. The topological polar surface area (TPSA) is 69.6 Å². The van der Waals surface area contributed by atoms with Gasteiger partial charge in [0.25, 0.3) is 0 Å². The third-order valence-electron chi connectivity index (χ3n) is 3.41. The second-order valence-corrected chi connectivity index (χ2v) is 5.23. The van der Waals surface area contributed by atoms with Crippen molar-refractivity contribution < 1.29 is 15.0 Å². The van der Waals surface area contributed by atoms with Crippen LogP contribution < -0.4 is 5.32 Å². The fourth-order valence-electron chi connectivity index (χ4n) is 1.14. The molecule has 90 valence electrons. The van der Waals surface area contributed by atoms with E-state index in [0.717, 1.165) is 0 Å². The Balaban J connectivity index is 4.75. The molecule has 0 aromatic heterocycles. The highest BCUT2D eigenvalue weighted by Crippen LogP contribution is 2.31. The highest BCUT2D eigenvalue weighted by Gasteiger charge is 2.44. The van der Waals surface area contributed by atoms with E-state index >= 15 is 0 Å². The largest absolute Gasteiger partial charge is 0.481 e. The minimum absolute atomic E-state index is 0.140. The molecule has 4 nitrogen and oxygen atoms in total. The Labute approximate surface area is 91.7 Å². The van der Waals surface area contributed by atoms with E-state index in [-0.39, 0.29) is 6.04 Å². The summed E-state index contributed by atoms with van der Waals surface area (Å²) in [6, 6.07) is -0.140. The summed E-state index contributed by atoms with van der Waals surface area (Å²) in [6.45, 7) is 10.5. The van der Waals surface area contributed by atoms with E-state index in [9.17, 15) is 9.90 Å². The highest BCUT2D eigenvalue weighted by atomic mass is 16.4. The lowest BCUT2D eigenvalue weighted by Crippen LogP contribution is -2.59. The fraction of sp³-hybridized carbons (Fsp3) is 0.909. The standard InChI is InChI=1S/C11H23NO3/c1-7(8(2)13)12-11(5,6)10(3,4)9(14)15/h7-8,12-13H,1-6H3,(H,14,15). The normalized spacial score (nSPS) is 17.3. The lowest BCUT2D eigenvalue weighted by molar-refractivity contribution is -0.151. The van der Waals surface area contributed by atoms with Gasteiger partial charge in [0.2, 0.25) is 0 Å². The number of hydrogen-bond donors (Lipinski definition) is 3. The molecule has 2 atom stereocenters. The first-order valence-electron chi connectivity index (χ1n) is 5.21. The summed E-state index contributed by atoms with van der Waals surface area (Å²) in [7, 11) is 0. The predicted octanol–water partition coefficient (Wildman–Crippen LogP) is 1.23. The fourth-order valence-corrected chi connectivity index (χ4v) is 1.14. The molecule has 0 rings (SSSR count). The maximum atomic E-state index is 11.1. The van der Waals surface area contributed by atoms with Crippen LogP contribution in [0.25, 0.3) is 0 Å². The summed E-state index contributed by atoms with van der Waals surface area (Å²) >= 11 is 0. The summed E-state index contributed by atoms with van der Waals surface area (Å²) in [5.74, 6) is -0.849. The van der Waals surface area contributed by atoms with Gasteiger partial charge in [-0.1, -0.05) is 0 Å². The van der Waals surface area contributed by atoms with Gasteiger partial charge < -0.3 is 15.5 Å². The van der Waals surface area contributed by atoms with E-state index in [1.165, 1.54) is 0 Å². The van der Waals surface area contributed by atoms with Crippen LogP contribution in [0.5, 0.6) is 0 Å². The van der Waals surface area contributed by atoms with Crippen LogP contribution in [0.2, 0.25) is 0 Å². The van der Waals surface area contributed by atoms with E-state index in [0.29, 0.717) is 0 Å². The summed E-state index contributed by atoms with van der Waals surface area (Å²) in [5.41, 5.74) is -1.48. The molecule has 15 heavy (non-hydrogen) atoms. The Morgan fingerprint density at radius 3 is 1.87 bits per heavy atom. The number of hydrogen-bond acceptors (Lipinski definition) is 3. The molecule has 0 amide bonds. The molecule has 0 saturated heterocycles. The smallest absolute Gasteiger partial charge is 0.310 e. The third-order valence-corrected chi connectivity index (χ3v) is 3.41. The van der Waals surface area contributed by atoms with Crippen LogP contribution in [-0.4, -0.2) is 33.9 Å².